The molecule has 0 aliphatic carbocycles. The zero-order valence-electron chi connectivity index (χ0n) is 18.9. The maximum Gasteiger partial charge on any atom is 0.223 e. The summed E-state index contributed by atoms with van der Waals surface area (Å²) in [5.74, 6) is 1.64. The van der Waals surface area contributed by atoms with Crippen LogP contribution < -0.4 is 4.74 Å². The van der Waals surface area contributed by atoms with Gasteiger partial charge < -0.3 is 18.8 Å². The smallest absolute Gasteiger partial charge is 0.223 e. The topological polar surface area (TPSA) is 68.0 Å². The van der Waals surface area contributed by atoms with E-state index in [2.05, 4.69) is 9.88 Å². The number of ether oxygens (including phenoxy) is 2. The molecule has 4 rings (SSSR count). The van der Waals surface area contributed by atoms with E-state index in [-0.39, 0.29) is 11.3 Å². The van der Waals surface area contributed by atoms with E-state index in [0.29, 0.717) is 51.8 Å². The molecular formula is C24H32ClN3O4. The molecule has 174 valence electrons. The number of aryl methyl sites for hydroxylation is 2. The summed E-state index contributed by atoms with van der Waals surface area (Å²) in [7, 11) is 0. The average molecular weight is 462 g/mol. The van der Waals surface area contributed by atoms with E-state index in [4.69, 9.17) is 25.5 Å². The van der Waals surface area contributed by atoms with Crippen molar-refractivity contribution < 1.29 is 18.7 Å². The molecule has 0 spiro atoms. The highest BCUT2D eigenvalue weighted by molar-refractivity contribution is 6.31. The zero-order chi connectivity index (χ0) is 22.6. The van der Waals surface area contributed by atoms with Crippen LogP contribution >= 0.6 is 11.6 Å². The number of rotatable bonds is 7. The number of hydrogen-bond donors (Lipinski definition) is 0. The van der Waals surface area contributed by atoms with Crippen molar-refractivity contribution in [2.45, 2.75) is 39.7 Å². The summed E-state index contributed by atoms with van der Waals surface area (Å²) < 4.78 is 17.1. The number of amides is 1. The van der Waals surface area contributed by atoms with Crippen LogP contribution in [0.3, 0.4) is 0 Å². The van der Waals surface area contributed by atoms with Crippen molar-refractivity contribution in [3.05, 3.63) is 46.6 Å². The number of piperidine rings is 1. The minimum Gasteiger partial charge on any atom is -0.493 e. The molecule has 7 nitrogen and oxygen atoms in total. The lowest BCUT2D eigenvalue weighted by molar-refractivity contribution is -0.139. The Kier molecular flexibility index (Phi) is 7.38. The summed E-state index contributed by atoms with van der Waals surface area (Å²) >= 11 is 6.17. The first-order valence-corrected chi connectivity index (χ1v) is 11.7. The van der Waals surface area contributed by atoms with E-state index in [0.717, 1.165) is 48.0 Å². The van der Waals surface area contributed by atoms with Crippen LogP contribution in [0.1, 0.15) is 36.4 Å². The highest BCUT2D eigenvalue weighted by Gasteiger charge is 2.40. The van der Waals surface area contributed by atoms with Gasteiger partial charge in [0.1, 0.15) is 12.0 Å². The molecule has 32 heavy (non-hydrogen) atoms. The molecule has 2 fully saturated rings. The second-order valence-corrected chi connectivity index (χ2v) is 9.45. The molecule has 2 aliphatic heterocycles. The van der Waals surface area contributed by atoms with Gasteiger partial charge in [-0.2, -0.15) is 0 Å². The number of oxazole rings is 1. The highest BCUT2D eigenvalue weighted by atomic mass is 35.5. The van der Waals surface area contributed by atoms with Crippen LogP contribution in [0.25, 0.3) is 0 Å². The Labute approximate surface area is 194 Å². The molecule has 0 bridgehead atoms. The summed E-state index contributed by atoms with van der Waals surface area (Å²) in [4.78, 5) is 22.0. The van der Waals surface area contributed by atoms with Crippen molar-refractivity contribution in [1.29, 1.82) is 0 Å². The van der Waals surface area contributed by atoms with Gasteiger partial charge in [0.25, 0.3) is 0 Å². The first-order chi connectivity index (χ1) is 15.4. The van der Waals surface area contributed by atoms with E-state index in [1.54, 1.807) is 6.26 Å². The van der Waals surface area contributed by atoms with Gasteiger partial charge in [0.05, 0.1) is 25.5 Å². The average Bonchev–Trinajstić information content (AvgIpc) is 3.20. The molecule has 2 aromatic rings. The van der Waals surface area contributed by atoms with Gasteiger partial charge in [-0.1, -0.05) is 11.6 Å². The predicted molar refractivity (Wildman–Crippen MR) is 122 cm³/mol. The Balaban J connectivity index is 1.49. The molecule has 2 aliphatic rings. The van der Waals surface area contributed by atoms with Gasteiger partial charge in [-0.05, 0) is 50.1 Å². The van der Waals surface area contributed by atoms with E-state index in [1.165, 1.54) is 0 Å². The Morgan fingerprint density at radius 2 is 2.06 bits per heavy atom. The van der Waals surface area contributed by atoms with Gasteiger partial charge in [0.15, 0.2) is 5.89 Å². The third kappa shape index (κ3) is 5.82. The first-order valence-electron chi connectivity index (χ1n) is 11.3. The van der Waals surface area contributed by atoms with Gasteiger partial charge in [-0.3, -0.25) is 9.69 Å². The zero-order valence-corrected chi connectivity index (χ0v) is 19.7. The van der Waals surface area contributed by atoms with Crippen LogP contribution in [0.5, 0.6) is 5.75 Å². The lowest BCUT2D eigenvalue weighted by atomic mass is 9.77. The molecule has 1 aromatic heterocycles. The van der Waals surface area contributed by atoms with Crippen LogP contribution in [-0.4, -0.2) is 66.7 Å². The maximum absolute atomic E-state index is 13.2. The van der Waals surface area contributed by atoms with Gasteiger partial charge in [-0.15, -0.1) is 0 Å². The van der Waals surface area contributed by atoms with Crippen molar-refractivity contribution in [2.24, 2.45) is 5.41 Å². The summed E-state index contributed by atoms with van der Waals surface area (Å²) in [6, 6.07) is 5.71. The van der Waals surface area contributed by atoms with Gasteiger partial charge in [0.2, 0.25) is 5.91 Å². The monoisotopic (exact) mass is 461 g/mol. The number of nitrogens with zero attached hydrogens (tertiary/aromatic N) is 3. The van der Waals surface area contributed by atoms with E-state index in [9.17, 15) is 4.79 Å². The van der Waals surface area contributed by atoms with Crippen LogP contribution in [-0.2, 0) is 16.1 Å². The number of aromatic nitrogens is 1. The standard InChI is InChI=1S/C24H32ClN3O4/c1-18-12-21(4-5-22(18)25)32-17-24(13-23(29)28-8-10-30-11-9-28)6-3-7-27(16-24)14-20-15-31-19(2)26-20/h4-5,12,15H,3,6-11,13-14,16-17H2,1-2H3/t24-/m1/s1. The van der Waals surface area contributed by atoms with Crippen molar-refractivity contribution in [3.8, 4) is 5.75 Å². The summed E-state index contributed by atoms with van der Waals surface area (Å²) in [6.07, 6.45) is 4.14. The third-order valence-corrected chi connectivity index (χ3v) is 6.78. The van der Waals surface area contributed by atoms with E-state index >= 15 is 0 Å². The largest absolute Gasteiger partial charge is 0.493 e. The number of carbonyl (C=O) groups is 1. The lowest BCUT2D eigenvalue weighted by Gasteiger charge is -2.43. The van der Waals surface area contributed by atoms with Gasteiger partial charge in [0, 0.05) is 50.0 Å². The Morgan fingerprint density at radius 1 is 1.25 bits per heavy atom. The minimum absolute atomic E-state index is 0.184. The fraction of sp³-hybridized carbons (Fsp3) is 0.583. The molecule has 0 saturated carbocycles. The van der Waals surface area contributed by atoms with Crippen LogP contribution in [0.15, 0.2) is 28.9 Å². The molecule has 3 heterocycles. The van der Waals surface area contributed by atoms with Gasteiger partial charge >= 0.3 is 0 Å². The highest BCUT2D eigenvalue weighted by Crippen LogP contribution is 2.36. The number of carbonyl (C=O) groups excluding carboxylic acids is 1. The number of hydrogen-bond acceptors (Lipinski definition) is 6. The molecule has 0 radical (unpaired) electrons. The van der Waals surface area contributed by atoms with E-state index < -0.39 is 0 Å². The Bertz CT molecular complexity index is 928. The molecule has 1 aromatic carbocycles. The van der Waals surface area contributed by atoms with Crippen molar-refractivity contribution >= 4 is 17.5 Å². The Morgan fingerprint density at radius 3 is 2.78 bits per heavy atom. The molecule has 2 saturated heterocycles. The first kappa shape index (κ1) is 23.1. The second kappa shape index (κ2) is 10.2. The molecular weight excluding hydrogens is 430 g/mol. The quantitative estimate of drug-likeness (QED) is 0.623. The molecule has 8 heteroatoms. The summed E-state index contributed by atoms with van der Waals surface area (Å²) in [6.45, 7) is 9.31. The van der Waals surface area contributed by atoms with Crippen molar-refractivity contribution in [2.75, 3.05) is 46.0 Å². The predicted octanol–water partition coefficient (Wildman–Crippen LogP) is 3.85. The SMILES string of the molecule is Cc1nc(CN2CCC[C@@](COc3ccc(Cl)c(C)c3)(CC(=O)N3CCOCC3)C2)co1. The fourth-order valence-corrected chi connectivity index (χ4v) is 4.77. The fourth-order valence-electron chi connectivity index (χ4n) is 4.66. The Hall–Kier alpha value is -2.09. The minimum atomic E-state index is -0.264. The van der Waals surface area contributed by atoms with Crippen LogP contribution in [0.4, 0.5) is 0 Å². The molecule has 1 amide bonds. The number of benzene rings is 1. The number of halogens is 1. The van der Waals surface area contributed by atoms with Crippen LogP contribution in [0, 0.1) is 19.3 Å². The maximum atomic E-state index is 13.2. The second-order valence-electron chi connectivity index (χ2n) is 9.04. The third-order valence-electron chi connectivity index (χ3n) is 6.36. The van der Waals surface area contributed by atoms with E-state index in [1.807, 2.05) is 36.9 Å². The number of likely N-dealkylation sites (tertiary alicyclic amines) is 1. The number of morpholine rings is 1. The lowest BCUT2D eigenvalue weighted by Crippen LogP contribution is -2.50. The normalized spacial score (nSPS) is 22.2. The van der Waals surface area contributed by atoms with Gasteiger partial charge in [-0.25, -0.2) is 4.98 Å². The van der Waals surface area contributed by atoms with Crippen molar-refractivity contribution in [1.82, 2.24) is 14.8 Å². The van der Waals surface area contributed by atoms with Crippen LogP contribution in [0.2, 0.25) is 5.02 Å². The van der Waals surface area contributed by atoms with Crippen molar-refractivity contribution in [3.63, 3.8) is 0 Å². The molecule has 0 unspecified atom stereocenters. The summed E-state index contributed by atoms with van der Waals surface area (Å²) in [5.41, 5.74) is 1.64. The molecule has 0 N–H and O–H groups in total. The molecule has 1 atom stereocenters. The summed E-state index contributed by atoms with van der Waals surface area (Å²) in [5, 5.41) is 0.723.